The molecule has 0 bridgehead atoms. The molecule has 0 aliphatic carbocycles. The van der Waals surface area contributed by atoms with Crippen molar-refractivity contribution in [3.8, 4) is 11.6 Å². The highest BCUT2D eigenvalue weighted by Gasteiger charge is 2.19. The SMILES string of the molecule is Fc1cc2c(OCC3CCCNC3)nn(-c3ccccc3)c2cc1F. The highest BCUT2D eigenvalue weighted by Crippen LogP contribution is 2.30. The van der Waals surface area contributed by atoms with E-state index in [0.717, 1.165) is 37.7 Å². The van der Waals surface area contributed by atoms with Crippen LogP contribution in [-0.2, 0) is 0 Å². The lowest BCUT2D eigenvalue weighted by Crippen LogP contribution is -2.33. The quantitative estimate of drug-likeness (QED) is 0.785. The summed E-state index contributed by atoms with van der Waals surface area (Å²) in [6, 6.07) is 11.7. The number of hydrogen-bond donors (Lipinski definition) is 1. The molecular formula is C19H19F2N3O. The van der Waals surface area contributed by atoms with Gasteiger partial charge in [-0.25, -0.2) is 13.5 Å². The number of ether oxygens (including phenoxy) is 1. The molecule has 1 aliphatic rings. The Labute approximate surface area is 144 Å². The Morgan fingerprint density at radius 3 is 2.72 bits per heavy atom. The van der Waals surface area contributed by atoms with Gasteiger partial charge in [-0.1, -0.05) is 18.2 Å². The van der Waals surface area contributed by atoms with Crippen LogP contribution in [0.1, 0.15) is 12.8 Å². The van der Waals surface area contributed by atoms with E-state index in [9.17, 15) is 8.78 Å². The van der Waals surface area contributed by atoms with E-state index in [1.165, 1.54) is 6.07 Å². The maximum absolute atomic E-state index is 13.8. The molecule has 1 aliphatic heterocycles. The van der Waals surface area contributed by atoms with Crippen molar-refractivity contribution < 1.29 is 13.5 Å². The molecule has 0 amide bonds. The molecule has 0 saturated carbocycles. The monoisotopic (exact) mass is 343 g/mol. The second-order valence-electron chi connectivity index (χ2n) is 6.36. The zero-order chi connectivity index (χ0) is 17.2. The topological polar surface area (TPSA) is 39.1 Å². The molecule has 1 N–H and O–H groups in total. The lowest BCUT2D eigenvalue weighted by molar-refractivity contribution is 0.213. The van der Waals surface area contributed by atoms with Gasteiger partial charge in [0, 0.05) is 18.5 Å². The molecule has 1 atom stereocenters. The first-order chi connectivity index (χ1) is 12.2. The molecule has 1 unspecified atom stereocenters. The molecule has 1 fully saturated rings. The molecule has 1 aromatic heterocycles. The number of aromatic nitrogens is 2. The van der Waals surface area contributed by atoms with Crippen molar-refractivity contribution in [3.05, 3.63) is 54.1 Å². The molecule has 1 saturated heterocycles. The lowest BCUT2D eigenvalue weighted by Gasteiger charge is -2.22. The summed E-state index contributed by atoms with van der Waals surface area (Å²) in [6.45, 7) is 2.44. The molecule has 6 heteroatoms. The molecule has 4 rings (SSSR count). The minimum absolute atomic E-state index is 0.336. The maximum atomic E-state index is 13.8. The highest BCUT2D eigenvalue weighted by atomic mass is 19.2. The molecule has 4 nitrogen and oxygen atoms in total. The number of nitrogens with one attached hydrogen (secondary N) is 1. The van der Waals surface area contributed by atoms with E-state index in [1.807, 2.05) is 30.3 Å². The Bertz CT molecular complexity index is 873. The number of fused-ring (bicyclic) bond motifs is 1. The fraction of sp³-hybridized carbons (Fsp3) is 0.316. The average molecular weight is 343 g/mol. The Morgan fingerprint density at radius 1 is 1.16 bits per heavy atom. The number of rotatable bonds is 4. The van der Waals surface area contributed by atoms with Crippen molar-refractivity contribution in [1.82, 2.24) is 15.1 Å². The van der Waals surface area contributed by atoms with Crippen LogP contribution in [0.25, 0.3) is 16.6 Å². The van der Waals surface area contributed by atoms with Gasteiger partial charge in [-0.2, -0.15) is 0 Å². The predicted octanol–water partition coefficient (Wildman–Crippen LogP) is 3.68. The van der Waals surface area contributed by atoms with Crippen molar-refractivity contribution >= 4 is 10.9 Å². The minimum Gasteiger partial charge on any atom is -0.476 e. The van der Waals surface area contributed by atoms with Crippen LogP contribution in [-0.4, -0.2) is 29.5 Å². The van der Waals surface area contributed by atoms with Crippen molar-refractivity contribution in [3.63, 3.8) is 0 Å². The molecular weight excluding hydrogens is 324 g/mol. The lowest BCUT2D eigenvalue weighted by atomic mass is 10.0. The molecule has 25 heavy (non-hydrogen) atoms. The Hall–Kier alpha value is -2.47. The van der Waals surface area contributed by atoms with Gasteiger partial charge >= 0.3 is 0 Å². The summed E-state index contributed by atoms with van der Waals surface area (Å²) in [5, 5.41) is 8.29. The highest BCUT2D eigenvalue weighted by molar-refractivity contribution is 5.86. The van der Waals surface area contributed by atoms with Crippen molar-refractivity contribution in [1.29, 1.82) is 0 Å². The molecule has 0 radical (unpaired) electrons. The summed E-state index contributed by atoms with van der Waals surface area (Å²) in [6.07, 6.45) is 2.21. The third-order valence-corrected chi connectivity index (χ3v) is 4.54. The van der Waals surface area contributed by atoms with Crippen molar-refractivity contribution in [2.24, 2.45) is 5.92 Å². The number of nitrogens with zero attached hydrogens (tertiary/aromatic N) is 2. The smallest absolute Gasteiger partial charge is 0.241 e. The van der Waals surface area contributed by atoms with Crippen LogP contribution in [0.15, 0.2) is 42.5 Å². The van der Waals surface area contributed by atoms with E-state index < -0.39 is 11.6 Å². The summed E-state index contributed by atoms with van der Waals surface area (Å²) in [7, 11) is 0. The first kappa shape index (κ1) is 16.0. The van der Waals surface area contributed by atoms with Gasteiger partial charge < -0.3 is 10.1 Å². The summed E-state index contributed by atoms with van der Waals surface area (Å²) in [5.74, 6) is -1.06. The van der Waals surface area contributed by atoms with Crippen LogP contribution in [0.5, 0.6) is 5.88 Å². The van der Waals surface area contributed by atoms with E-state index in [1.54, 1.807) is 4.68 Å². The van der Waals surface area contributed by atoms with E-state index in [4.69, 9.17) is 4.74 Å². The second-order valence-corrected chi connectivity index (χ2v) is 6.36. The van der Waals surface area contributed by atoms with Gasteiger partial charge in [-0.05, 0) is 37.6 Å². The van der Waals surface area contributed by atoms with Gasteiger partial charge in [-0.15, -0.1) is 5.10 Å². The fourth-order valence-electron chi connectivity index (χ4n) is 3.22. The van der Waals surface area contributed by atoms with E-state index in [-0.39, 0.29) is 0 Å². The third kappa shape index (κ3) is 3.22. The number of hydrogen-bond acceptors (Lipinski definition) is 3. The molecule has 2 heterocycles. The molecule has 130 valence electrons. The van der Waals surface area contributed by atoms with E-state index in [0.29, 0.717) is 29.3 Å². The fourth-order valence-corrected chi connectivity index (χ4v) is 3.22. The summed E-state index contributed by atoms with van der Waals surface area (Å²) in [5.41, 5.74) is 1.26. The molecule has 3 aromatic rings. The standard InChI is InChI=1S/C19H19F2N3O/c20-16-9-15-18(10-17(16)21)24(14-6-2-1-3-7-14)23-19(15)25-12-13-5-4-8-22-11-13/h1-3,6-7,9-10,13,22H,4-5,8,11-12H2. The van der Waals surface area contributed by atoms with Gasteiger partial charge in [0.2, 0.25) is 5.88 Å². The zero-order valence-corrected chi connectivity index (χ0v) is 13.7. The van der Waals surface area contributed by atoms with E-state index >= 15 is 0 Å². The Kier molecular flexibility index (Phi) is 4.36. The molecule has 0 spiro atoms. The summed E-state index contributed by atoms with van der Waals surface area (Å²) in [4.78, 5) is 0. The van der Waals surface area contributed by atoms with Crippen molar-refractivity contribution in [2.45, 2.75) is 12.8 Å². The van der Waals surface area contributed by atoms with Gasteiger partial charge in [0.1, 0.15) is 0 Å². The first-order valence-corrected chi connectivity index (χ1v) is 8.49. The average Bonchev–Trinajstić information content (AvgIpc) is 2.99. The van der Waals surface area contributed by atoms with Gasteiger partial charge in [0.05, 0.1) is 23.2 Å². The van der Waals surface area contributed by atoms with Crippen LogP contribution >= 0.6 is 0 Å². The van der Waals surface area contributed by atoms with Gasteiger partial charge in [-0.3, -0.25) is 0 Å². The molecule has 2 aromatic carbocycles. The number of para-hydroxylation sites is 1. The van der Waals surface area contributed by atoms with Crippen LogP contribution in [0.4, 0.5) is 8.78 Å². The van der Waals surface area contributed by atoms with Crippen LogP contribution < -0.4 is 10.1 Å². The normalized spacial score (nSPS) is 17.8. The second kappa shape index (κ2) is 6.80. The Balaban J connectivity index is 1.71. The minimum atomic E-state index is -0.899. The first-order valence-electron chi connectivity index (χ1n) is 8.49. The van der Waals surface area contributed by atoms with E-state index in [2.05, 4.69) is 10.4 Å². The van der Waals surface area contributed by atoms with Gasteiger partial charge in [0.25, 0.3) is 0 Å². The van der Waals surface area contributed by atoms with Crippen LogP contribution in [0.2, 0.25) is 0 Å². The number of benzene rings is 2. The van der Waals surface area contributed by atoms with Crippen LogP contribution in [0.3, 0.4) is 0 Å². The number of halogens is 2. The number of piperidine rings is 1. The van der Waals surface area contributed by atoms with Crippen molar-refractivity contribution in [2.75, 3.05) is 19.7 Å². The van der Waals surface area contributed by atoms with Crippen LogP contribution in [0, 0.1) is 17.6 Å². The maximum Gasteiger partial charge on any atom is 0.241 e. The summed E-state index contributed by atoms with van der Waals surface area (Å²) >= 11 is 0. The Morgan fingerprint density at radius 2 is 1.96 bits per heavy atom. The summed E-state index contributed by atoms with van der Waals surface area (Å²) < 4.78 is 35.0. The predicted molar refractivity (Wildman–Crippen MR) is 92.1 cm³/mol. The van der Waals surface area contributed by atoms with Gasteiger partial charge in [0.15, 0.2) is 11.6 Å². The largest absolute Gasteiger partial charge is 0.476 e. The zero-order valence-electron chi connectivity index (χ0n) is 13.7. The third-order valence-electron chi connectivity index (χ3n) is 4.54.